The molecule has 0 aliphatic rings. The number of hydrogen-bond acceptors (Lipinski definition) is 4. The zero-order valence-electron chi connectivity index (χ0n) is 17.9. The van der Waals surface area contributed by atoms with Crippen LogP contribution < -0.4 is 10.3 Å². The first-order chi connectivity index (χ1) is 14.0. The van der Waals surface area contributed by atoms with Crippen molar-refractivity contribution >= 4 is 10.8 Å². The lowest BCUT2D eigenvalue weighted by molar-refractivity contribution is 0.242. The van der Waals surface area contributed by atoms with Gasteiger partial charge in [0.05, 0.1) is 23.7 Å². The number of rotatable bonds is 9. The molecule has 0 radical (unpaired) electrons. The van der Waals surface area contributed by atoms with Crippen molar-refractivity contribution in [1.29, 1.82) is 0 Å². The van der Waals surface area contributed by atoms with Gasteiger partial charge in [0, 0.05) is 18.4 Å². The average molecular weight is 394 g/mol. The Morgan fingerprint density at radius 2 is 1.66 bits per heavy atom. The maximum absolute atomic E-state index is 12.9. The first kappa shape index (κ1) is 21.1. The molecule has 0 bridgehead atoms. The van der Waals surface area contributed by atoms with Crippen molar-refractivity contribution < 1.29 is 4.74 Å². The van der Waals surface area contributed by atoms with E-state index < -0.39 is 0 Å². The van der Waals surface area contributed by atoms with Crippen molar-refractivity contribution in [2.45, 2.75) is 46.8 Å². The molecular weight excluding hydrogens is 362 g/mol. The predicted molar refractivity (Wildman–Crippen MR) is 119 cm³/mol. The highest BCUT2D eigenvalue weighted by Crippen LogP contribution is 2.19. The Balaban J connectivity index is 1.92. The van der Waals surface area contributed by atoms with Crippen molar-refractivity contribution in [3.8, 4) is 5.75 Å². The maximum atomic E-state index is 12.9. The van der Waals surface area contributed by atoms with Gasteiger partial charge in [-0.15, -0.1) is 0 Å². The third-order valence-corrected chi connectivity index (χ3v) is 5.13. The van der Waals surface area contributed by atoms with Crippen LogP contribution in [0.5, 0.6) is 5.75 Å². The second-order valence-corrected chi connectivity index (χ2v) is 7.53. The SMILES string of the molecule is CCN(CC)CCn1nc(Cc2ccc(OC(C)C)cc2)c2ccccc2c1=O. The Bertz CT molecular complexity index is 989. The lowest BCUT2D eigenvalue weighted by atomic mass is 10.0. The van der Waals surface area contributed by atoms with Crippen LogP contribution in [0.1, 0.15) is 39.0 Å². The second kappa shape index (κ2) is 9.70. The van der Waals surface area contributed by atoms with Crippen LogP contribution in [0.2, 0.25) is 0 Å². The van der Waals surface area contributed by atoms with E-state index in [0.29, 0.717) is 13.0 Å². The number of likely N-dealkylation sites (N-methyl/N-ethyl adjacent to an activating group) is 1. The van der Waals surface area contributed by atoms with Gasteiger partial charge >= 0.3 is 0 Å². The molecule has 5 heteroatoms. The normalized spacial score (nSPS) is 11.5. The summed E-state index contributed by atoms with van der Waals surface area (Å²) < 4.78 is 7.37. The quantitative estimate of drug-likeness (QED) is 0.549. The molecule has 0 fully saturated rings. The van der Waals surface area contributed by atoms with Gasteiger partial charge in [-0.25, -0.2) is 4.68 Å². The Kier molecular flexibility index (Phi) is 7.04. The third kappa shape index (κ3) is 5.24. The fourth-order valence-corrected chi connectivity index (χ4v) is 3.51. The topological polar surface area (TPSA) is 47.4 Å². The lowest BCUT2D eigenvalue weighted by Gasteiger charge is -2.19. The number of fused-ring (bicyclic) bond motifs is 1. The van der Waals surface area contributed by atoms with E-state index in [-0.39, 0.29) is 11.7 Å². The van der Waals surface area contributed by atoms with E-state index in [0.717, 1.165) is 47.4 Å². The molecule has 0 aliphatic carbocycles. The summed E-state index contributed by atoms with van der Waals surface area (Å²) in [6.45, 7) is 11.7. The lowest BCUT2D eigenvalue weighted by Crippen LogP contribution is -2.32. The van der Waals surface area contributed by atoms with Gasteiger partial charge in [-0.3, -0.25) is 4.79 Å². The van der Waals surface area contributed by atoms with Crippen LogP contribution >= 0.6 is 0 Å². The van der Waals surface area contributed by atoms with Crippen LogP contribution in [0.4, 0.5) is 0 Å². The molecule has 154 valence electrons. The van der Waals surface area contributed by atoms with Gasteiger partial charge in [-0.1, -0.05) is 44.2 Å². The smallest absolute Gasteiger partial charge is 0.274 e. The molecular formula is C24H31N3O2. The molecule has 1 aromatic heterocycles. The average Bonchev–Trinajstić information content (AvgIpc) is 2.72. The summed E-state index contributed by atoms with van der Waals surface area (Å²) in [4.78, 5) is 15.2. The van der Waals surface area contributed by atoms with Crippen molar-refractivity contribution in [1.82, 2.24) is 14.7 Å². The summed E-state index contributed by atoms with van der Waals surface area (Å²) in [6, 6.07) is 15.9. The van der Waals surface area contributed by atoms with Gasteiger partial charge in [0.15, 0.2) is 0 Å². The van der Waals surface area contributed by atoms with E-state index in [2.05, 4.69) is 30.9 Å². The van der Waals surface area contributed by atoms with E-state index in [1.165, 1.54) is 0 Å². The van der Waals surface area contributed by atoms with Crippen molar-refractivity contribution in [3.05, 3.63) is 70.1 Å². The minimum absolute atomic E-state index is 0.0165. The molecule has 3 aromatic rings. The van der Waals surface area contributed by atoms with Gasteiger partial charge in [-0.05, 0) is 50.7 Å². The minimum atomic E-state index is -0.0165. The molecule has 2 aromatic carbocycles. The van der Waals surface area contributed by atoms with Crippen LogP contribution in [0.15, 0.2) is 53.3 Å². The minimum Gasteiger partial charge on any atom is -0.491 e. The molecule has 5 nitrogen and oxygen atoms in total. The molecule has 1 heterocycles. The van der Waals surface area contributed by atoms with E-state index in [4.69, 9.17) is 9.84 Å². The van der Waals surface area contributed by atoms with Crippen LogP contribution in [-0.4, -0.2) is 40.4 Å². The molecule has 0 aliphatic heterocycles. The Morgan fingerprint density at radius 3 is 2.28 bits per heavy atom. The fraction of sp³-hybridized carbons (Fsp3) is 0.417. The fourth-order valence-electron chi connectivity index (χ4n) is 3.51. The van der Waals surface area contributed by atoms with Crippen LogP contribution in [0.25, 0.3) is 10.8 Å². The molecule has 0 unspecified atom stereocenters. The highest BCUT2D eigenvalue weighted by molar-refractivity contribution is 5.83. The molecule has 0 atom stereocenters. The van der Waals surface area contributed by atoms with Gasteiger partial charge in [0.1, 0.15) is 5.75 Å². The summed E-state index contributed by atoms with van der Waals surface area (Å²) >= 11 is 0. The first-order valence-electron chi connectivity index (χ1n) is 10.5. The first-order valence-corrected chi connectivity index (χ1v) is 10.5. The third-order valence-electron chi connectivity index (χ3n) is 5.13. The molecule has 29 heavy (non-hydrogen) atoms. The number of nitrogens with zero attached hydrogens (tertiary/aromatic N) is 3. The number of ether oxygens (including phenoxy) is 1. The van der Waals surface area contributed by atoms with Gasteiger partial charge in [-0.2, -0.15) is 5.10 Å². The molecule has 0 saturated heterocycles. The zero-order valence-corrected chi connectivity index (χ0v) is 17.9. The highest BCUT2D eigenvalue weighted by Gasteiger charge is 2.12. The zero-order chi connectivity index (χ0) is 20.8. The highest BCUT2D eigenvalue weighted by atomic mass is 16.5. The predicted octanol–water partition coefficient (Wildman–Crippen LogP) is 4.12. The summed E-state index contributed by atoms with van der Waals surface area (Å²) in [5, 5.41) is 6.42. The number of benzene rings is 2. The summed E-state index contributed by atoms with van der Waals surface area (Å²) in [5.41, 5.74) is 2.06. The van der Waals surface area contributed by atoms with Gasteiger partial charge in [0.25, 0.3) is 5.56 Å². The summed E-state index contributed by atoms with van der Waals surface area (Å²) in [5.74, 6) is 0.866. The van der Waals surface area contributed by atoms with Crippen LogP contribution in [0, 0.1) is 0 Å². The van der Waals surface area contributed by atoms with Crippen molar-refractivity contribution in [3.63, 3.8) is 0 Å². The van der Waals surface area contributed by atoms with E-state index in [1.807, 2.05) is 50.2 Å². The van der Waals surface area contributed by atoms with E-state index in [1.54, 1.807) is 4.68 Å². The maximum Gasteiger partial charge on any atom is 0.274 e. The Hall–Kier alpha value is -2.66. The molecule has 0 spiro atoms. The standard InChI is InChI=1S/C24H31N3O2/c1-5-26(6-2)15-16-27-24(28)22-10-8-7-9-21(22)23(25-27)17-19-11-13-20(14-12-19)29-18(3)4/h7-14,18H,5-6,15-17H2,1-4H3. The summed E-state index contributed by atoms with van der Waals surface area (Å²) in [7, 11) is 0. The second-order valence-electron chi connectivity index (χ2n) is 7.53. The monoisotopic (exact) mass is 393 g/mol. The molecule has 0 amide bonds. The van der Waals surface area contributed by atoms with Crippen molar-refractivity contribution in [2.75, 3.05) is 19.6 Å². The number of aromatic nitrogens is 2. The summed E-state index contributed by atoms with van der Waals surface area (Å²) in [6.07, 6.45) is 0.828. The molecule has 0 saturated carbocycles. The van der Waals surface area contributed by atoms with Crippen LogP contribution in [-0.2, 0) is 13.0 Å². The van der Waals surface area contributed by atoms with Crippen LogP contribution in [0.3, 0.4) is 0 Å². The largest absolute Gasteiger partial charge is 0.491 e. The molecule has 3 rings (SSSR count). The Labute approximate surface area is 172 Å². The van der Waals surface area contributed by atoms with E-state index >= 15 is 0 Å². The number of hydrogen-bond donors (Lipinski definition) is 0. The van der Waals surface area contributed by atoms with Gasteiger partial charge in [0.2, 0.25) is 0 Å². The Morgan fingerprint density at radius 1 is 1.00 bits per heavy atom. The van der Waals surface area contributed by atoms with Gasteiger partial charge < -0.3 is 9.64 Å². The molecule has 0 N–H and O–H groups in total. The van der Waals surface area contributed by atoms with Crippen molar-refractivity contribution in [2.24, 2.45) is 0 Å². The van der Waals surface area contributed by atoms with E-state index in [9.17, 15) is 4.79 Å².